The maximum Gasteiger partial charge on any atom is 0.234 e. The Morgan fingerprint density at radius 1 is 1.42 bits per heavy atom. The summed E-state index contributed by atoms with van der Waals surface area (Å²) in [6, 6.07) is 2.09. The number of hydrogen-bond donors (Lipinski definition) is 1. The van der Waals surface area contributed by atoms with Crippen molar-refractivity contribution in [2.24, 2.45) is 0 Å². The van der Waals surface area contributed by atoms with Crippen molar-refractivity contribution in [1.29, 1.82) is 0 Å². The molecule has 0 spiro atoms. The summed E-state index contributed by atoms with van der Waals surface area (Å²) in [7, 11) is 0. The van der Waals surface area contributed by atoms with Crippen LogP contribution in [0.3, 0.4) is 0 Å². The molecule has 1 aliphatic heterocycles. The number of nitrogens with zero attached hydrogens (tertiary/aromatic N) is 4. The van der Waals surface area contributed by atoms with E-state index in [4.69, 9.17) is 0 Å². The quantitative estimate of drug-likeness (QED) is 0.870. The summed E-state index contributed by atoms with van der Waals surface area (Å²) in [5.74, 6) is 1.66. The normalized spacial score (nSPS) is 16.4. The molecule has 1 aliphatic rings. The zero-order valence-electron chi connectivity index (χ0n) is 14.4. The Morgan fingerprint density at radius 2 is 2.21 bits per heavy atom. The van der Waals surface area contributed by atoms with Crippen LogP contribution in [0.5, 0.6) is 0 Å². The molecule has 0 saturated carbocycles. The highest BCUT2D eigenvalue weighted by Crippen LogP contribution is 2.26. The third-order valence-electron chi connectivity index (χ3n) is 4.72. The Bertz CT molecular complexity index is 672. The van der Waals surface area contributed by atoms with Crippen molar-refractivity contribution in [3.8, 4) is 0 Å². The van der Waals surface area contributed by atoms with Gasteiger partial charge in [-0.05, 0) is 56.8 Å². The summed E-state index contributed by atoms with van der Waals surface area (Å²) >= 11 is 1.70. The fourth-order valence-corrected chi connectivity index (χ4v) is 4.04. The van der Waals surface area contributed by atoms with Gasteiger partial charge in [0.2, 0.25) is 5.91 Å². The minimum atomic E-state index is 0.109. The van der Waals surface area contributed by atoms with Crippen LogP contribution in [0, 0.1) is 6.92 Å². The lowest BCUT2D eigenvalue weighted by Crippen LogP contribution is -2.41. The smallest absolute Gasteiger partial charge is 0.234 e. The molecule has 130 valence electrons. The number of hydrogen-bond acceptors (Lipinski definition) is 5. The SMILES string of the molecule is CCn1cnnc1C1CCN(CC(=O)NCc2sccc2C)CC1. The van der Waals surface area contributed by atoms with E-state index in [-0.39, 0.29) is 5.91 Å². The molecule has 0 atom stereocenters. The highest BCUT2D eigenvalue weighted by atomic mass is 32.1. The highest BCUT2D eigenvalue weighted by molar-refractivity contribution is 7.10. The molecule has 7 heteroatoms. The average Bonchev–Trinajstić information content (AvgIpc) is 3.22. The summed E-state index contributed by atoms with van der Waals surface area (Å²) < 4.78 is 2.12. The van der Waals surface area contributed by atoms with Crippen LogP contribution < -0.4 is 5.32 Å². The molecule has 2 aromatic heterocycles. The topological polar surface area (TPSA) is 63.1 Å². The van der Waals surface area contributed by atoms with E-state index in [9.17, 15) is 4.79 Å². The first-order chi connectivity index (χ1) is 11.7. The zero-order chi connectivity index (χ0) is 16.9. The first-order valence-electron chi connectivity index (χ1n) is 8.57. The summed E-state index contributed by atoms with van der Waals surface area (Å²) in [5, 5.41) is 13.4. The summed E-state index contributed by atoms with van der Waals surface area (Å²) in [6.45, 7) is 8.10. The van der Waals surface area contributed by atoms with E-state index in [0.717, 1.165) is 38.3 Å². The van der Waals surface area contributed by atoms with Crippen LogP contribution in [0.15, 0.2) is 17.8 Å². The predicted octanol–water partition coefficient (Wildman–Crippen LogP) is 2.16. The van der Waals surface area contributed by atoms with Gasteiger partial charge in [0.1, 0.15) is 12.2 Å². The van der Waals surface area contributed by atoms with Crippen LogP contribution in [-0.2, 0) is 17.9 Å². The average molecular weight is 347 g/mol. The van der Waals surface area contributed by atoms with Crippen LogP contribution >= 0.6 is 11.3 Å². The van der Waals surface area contributed by atoms with Gasteiger partial charge in [-0.25, -0.2) is 0 Å². The molecule has 3 rings (SSSR count). The number of aromatic nitrogens is 3. The van der Waals surface area contributed by atoms with Gasteiger partial charge in [0, 0.05) is 17.3 Å². The van der Waals surface area contributed by atoms with Crippen molar-refractivity contribution in [3.05, 3.63) is 34.0 Å². The third-order valence-corrected chi connectivity index (χ3v) is 5.74. The van der Waals surface area contributed by atoms with Gasteiger partial charge in [0.25, 0.3) is 0 Å². The highest BCUT2D eigenvalue weighted by Gasteiger charge is 2.25. The maximum absolute atomic E-state index is 12.2. The van der Waals surface area contributed by atoms with Crippen LogP contribution in [-0.4, -0.2) is 45.2 Å². The summed E-state index contributed by atoms with van der Waals surface area (Å²) in [5.41, 5.74) is 1.25. The van der Waals surface area contributed by atoms with Crippen molar-refractivity contribution in [2.75, 3.05) is 19.6 Å². The Hall–Kier alpha value is -1.73. The lowest BCUT2D eigenvalue weighted by molar-refractivity contribution is -0.122. The molecule has 0 radical (unpaired) electrons. The molecule has 0 bridgehead atoms. The van der Waals surface area contributed by atoms with E-state index >= 15 is 0 Å². The number of carbonyl (C=O) groups is 1. The van der Waals surface area contributed by atoms with E-state index in [2.05, 4.69) is 50.3 Å². The van der Waals surface area contributed by atoms with Gasteiger partial charge in [-0.1, -0.05) is 0 Å². The maximum atomic E-state index is 12.2. The van der Waals surface area contributed by atoms with Gasteiger partial charge < -0.3 is 9.88 Å². The van der Waals surface area contributed by atoms with Gasteiger partial charge in [0.05, 0.1) is 13.1 Å². The van der Waals surface area contributed by atoms with Crippen LogP contribution in [0.25, 0.3) is 0 Å². The first kappa shape index (κ1) is 17.1. The number of aryl methyl sites for hydroxylation is 2. The van der Waals surface area contributed by atoms with E-state index in [1.165, 1.54) is 10.4 Å². The fraction of sp³-hybridized carbons (Fsp3) is 0.588. The molecule has 1 amide bonds. The Labute approximate surface area is 146 Å². The molecular weight excluding hydrogens is 322 g/mol. The molecule has 1 N–H and O–H groups in total. The van der Waals surface area contributed by atoms with E-state index in [1.807, 2.05) is 6.33 Å². The van der Waals surface area contributed by atoms with Crippen LogP contribution in [0.2, 0.25) is 0 Å². The Morgan fingerprint density at radius 3 is 2.88 bits per heavy atom. The van der Waals surface area contributed by atoms with E-state index in [1.54, 1.807) is 11.3 Å². The minimum absolute atomic E-state index is 0.109. The van der Waals surface area contributed by atoms with Gasteiger partial charge in [-0.3, -0.25) is 9.69 Å². The Kier molecular flexibility index (Phi) is 5.63. The molecule has 0 unspecified atom stereocenters. The molecule has 6 nitrogen and oxygen atoms in total. The van der Waals surface area contributed by atoms with Gasteiger partial charge in [-0.2, -0.15) is 0 Å². The zero-order valence-corrected chi connectivity index (χ0v) is 15.2. The fourth-order valence-electron chi connectivity index (χ4n) is 3.20. The molecule has 1 saturated heterocycles. The minimum Gasteiger partial charge on any atom is -0.350 e. The molecule has 1 fully saturated rings. The number of thiophene rings is 1. The van der Waals surface area contributed by atoms with Crippen LogP contribution in [0.1, 0.15) is 41.9 Å². The predicted molar refractivity (Wildman–Crippen MR) is 95.0 cm³/mol. The van der Waals surface area contributed by atoms with Crippen molar-refractivity contribution >= 4 is 17.2 Å². The number of rotatable bonds is 6. The Balaban J connectivity index is 1.43. The monoisotopic (exact) mass is 347 g/mol. The second-order valence-corrected chi connectivity index (χ2v) is 7.33. The standard InChI is InChI=1S/C17H25N5OS/c1-3-22-12-19-20-17(22)14-4-7-21(8-5-14)11-16(23)18-10-15-13(2)6-9-24-15/h6,9,12,14H,3-5,7-8,10-11H2,1-2H3,(H,18,23). The first-order valence-corrected chi connectivity index (χ1v) is 9.45. The molecule has 2 aromatic rings. The van der Waals surface area contributed by atoms with Crippen molar-refractivity contribution < 1.29 is 4.79 Å². The van der Waals surface area contributed by atoms with Crippen molar-refractivity contribution in [1.82, 2.24) is 25.0 Å². The lowest BCUT2D eigenvalue weighted by Gasteiger charge is -2.31. The lowest BCUT2D eigenvalue weighted by atomic mass is 9.96. The van der Waals surface area contributed by atoms with Crippen molar-refractivity contribution in [2.45, 2.75) is 45.7 Å². The van der Waals surface area contributed by atoms with Crippen molar-refractivity contribution in [3.63, 3.8) is 0 Å². The van der Waals surface area contributed by atoms with Crippen LogP contribution in [0.4, 0.5) is 0 Å². The third kappa shape index (κ3) is 4.02. The number of likely N-dealkylation sites (tertiary alicyclic amines) is 1. The molecule has 0 aliphatic carbocycles. The van der Waals surface area contributed by atoms with Gasteiger partial charge >= 0.3 is 0 Å². The van der Waals surface area contributed by atoms with Gasteiger partial charge in [-0.15, -0.1) is 21.5 Å². The summed E-state index contributed by atoms with van der Waals surface area (Å²) in [4.78, 5) is 15.6. The molecule has 3 heterocycles. The van der Waals surface area contributed by atoms with E-state index < -0.39 is 0 Å². The number of piperidine rings is 1. The second kappa shape index (κ2) is 7.90. The molecule has 24 heavy (non-hydrogen) atoms. The molecular formula is C17H25N5OS. The number of nitrogens with one attached hydrogen (secondary N) is 1. The molecule has 0 aromatic carbocycles. The number of carbonyl (C=O) groups excluding carboxylic acids is 1. The van der Waals surface area contributed by atoms with E-state index in [0.29, 0.717) is 19.0 Å². The number of amides is 1. The summed E-state index contributed by atoms with van der Waals surface area (Å²) in [6.07, 6.45) is 3.88. The second-order valence-electron chi connectivity index (χ2n) is 6.33. The largest absolute Gasteiger partial charge is 0.350 e. The van der Waals surface area contributed by atoms with Gasteiger partial charge in [0.15, 0.2) is 0 Å².